The molecule has 122 valence electrons. The summed E-state index contributed by atoms with van der Waals surface area (Å²) in [6.45, 7) is 0.473. The predicted molar refractivity (Wildman–Crippen MR) is 99.3 cm³/mol. The van der Waals surface area contributed by atoms with Crippen molar-refractivity contribution < 1.29 is 4.79 Å². The molecule has 25 heavy (non-hydrogen) atoms. The van der Waals surface area contributed by atoms with Gasteiger partial charge in [0.25, 0.3) is 0 Å². The lowest BCUT2D eigenvalue weighted by molar-refractivity contribution is 0.252. The minimum absolute atomic E-state index is 0.248. The number of aromatic nitrogens is 2. The first kappa shape index (κ1) is 15.1. The first-order valence-electron chi connectivity index (χ1n) is 8.01. The second kappa shape index (κ2) is 6.57. The van der Waals surface area contributed by atoms with E-state index in [1.807, 2.05) is 54.6 Å². The van der Waals surface area contributed by atoms with Gasteiger partial charge in [-0.3, -0.25) is 9.97 Å². The summed E-state index contributed by atoms with van der Waals surface area (Å²) in [4.78, 5) is 20.9. The van der Waals surface area contributed by atoms with E-state index < -0.39 is 0 Å². The molecule has 2 aromatic carbocycles. The first-order valence-corrected chi connectivity index (χ1v) is 8.01. The highest BCUT2D eigenvalue weighted by Gasteiger charge is 2.10. The van der Waals surface area contributed by atoms with Gasteiger partial charge in [0.2, 0.25) is 0 Å². The van der Waals surface area contributed by atoms with Gasteiger partial charge < -0.3 is 10.6 Å². The van der Waals surface area contributed by atoms with Crippen LogP contribution in [0.1, 0.15) is 5.56 Å². The molecule has 5 nitrogen and oxygen atoms in total. The number of hydrogen-bond donors (Lipinski definition) is 2. The Morgan fingerprint density at radius 3 is 2.72 bits per heavy atom. The largest absolute Gasteiger partial charge is 0.334 e. The fraction of sp³-hybridized carbons (Fsp3) is 0.0500. The van der Waals surface area contributed by atoms with Crippen LogP contribution >= 0.6 is 0 Å². The van der Waals surface area contributed by atoms with Crippen molar-refractivity contribution in [1.29, 1.82) is 0 Å². The summed E-state index contributed by atoms with van der Waals surface area (Å²) in [7, 11) is 0. The Hall–Kier alpha value is -3.47. The van der Waals surface area contributed by atoms with E-state index in [1.54, 1.807) is 18.6 Å². The Kier molecular flexibility index (Phi) is 3.96. The lowest BCUT2D eigenvalue weighted by Gasteiger charge is -2.12. The number of urea groups is 1. The van der Waals surface area contributed by atoms with Crippen LogP contribution in [0.5, 0.6) is 0 Å². The van der Waals surface area contributed by atoms with Crippen molar-refractivity contribution in [2.45, 2.75) is 6.54 Å². The van der Waals surface area contributed by atoms with E-state index >= 15 is 0 Å². The van der Waals surface area contributed by atoms with E-state index in [4.69, 9.17) is 0 Å². The number of rotatable bonds is 3. The first-order chi connectivity index (χ1) is 12.3. The average Bonchev–Trinajstić information content (AvgIpc) is 2.67. The fourth-order valence-electron chi connectivity index (χ4n) is 2.85. The number of nitrogens with one attached hydrogen (secondary N) is 2. The molecule has 0 atom stereocenters. The van der Waals surface area contributed by atoms with Gasteiger partial charge in [-0.05, 0) is 35.2 Å². The molecule has 0 bridgehead atoms. The molecule has 0 spiro atoms. The van der Waals surface area contributed by atoms with Crippen molar-refractivity contribution >= 4 is 33.4 Å². The van der Waals surface area contributed by atoms with Gasteiger partial charge in [-0.25, -0.2) is 4.79 Å². The van der Waals surface area contributed by atoms with Gasteiger partial charge in [0.15, 0.2) is 0 Å². The highest BCUT2D eigenvalue weighted by molar-refractivity contribution is 6.12. The molecule has 5 heteroatoms. The summed E-state index contributed by atoms with van der Waals surface area (Å²) in [6.07, 6.45) is 5.27. The number of anilines is 1. The third kappa shape index (κ3) is 3.12. The van der Waals surface area contributed by atoms with Crippen LogP contribution in [-0.2, 0) is 6.54 Å². The molecular formula is C20H16N4O. The van der Waals surface area contributed by atoms with Crippen LogP contribution in [0, 0.1) is 0 Å². The van der Waals surface area contributed by atoms with Gasteiger partial charge in [-0.15, -0.1) is 0 Å². The zero-order valence-electron chi connectivity index (χ0n) is 13.4. The van der Waals surface area contributed by atoms with E-state index in [-0.39, 0.29) is 6.03 Å². The maximum Gasteiger partial charge on any atom is 0.319 e. The van der Waals surface area contributed by atoms with Gasteiger partial charge in [0.1, 0.15) is 0 Å². The molecular weight excluding hydrogens is 312 g/mol. The number of carbonyl (C=O) groups is 1. The number of carbonyl (C=O) groups excluding carboxylic acids is 1. The maximum atomic E-state index is 12.3. The van der Waals surface area contributed by atoms with Crippen molar-refractivity contribution in [3.8, 4) is 0 Å². The number of pyridine rings is 2. The molecule has 2 N–H and O–H groups in total. The van der Waals surface area contributed by atoms with Gasteiger partial charge in [-0.2, -0.15) is 0 Å². The minimum atomic E-state index is -0.248. The SMILES string of the molecule is O=C(NCc1ccccc1)Nc1cc2ccncc2c2ncccc12. The summed E-state index contributed by atoms with van der Waals surface area (Å²) in [5.74, 6) is 0. The fourth-order valence-corrected chi connectivity index (χ4v) is 2.85. The molecule has 4 rings (SSSR count). The van der Waals surface area contributed by atoms with E-state index in [2.05, 4.69) is 20.6 Å². The molecule has 0 saturated carbocycles. The molecule has 0 radical (unpaired) electrons. The highest BCUT2D eigenvalue weighted by atomic mass is 16.2. The van der Waals surface area contributed by atoms with Crippen molar-refractivity contribution in [3.05, 3.63) is 78.8 Å². The van der Waals surface area contributed by atoms with Gasteiger partial charge in [0.05, 0.1) is 11.2 Å². The lowest BCUT2D eigenvalue weighted by atomic mass is 10.1. The quantitative estimate of drug-likeness (QED) is 0.556. The summed E-state index contributed by atoms with van der Waals surface area (Å²) in [5.41, 5.74) is 2.60. The third-order valence-corrected chi connectivity index (χ3v) is 4.05. The highest BCUT2D eigenvalue weighted by Crippen LogP contribution is 2.29. The third-order valence-electron chi connectivity index (χ3n) is 4.05. The van der Waals surface area contributed by atoms with Crippen molar-refractivity contribution in [2.24, 2.45) is 0 Å². The molecule has 0 saturated heterocycles. The summed E-state index contributed by atoms with van der Waals surface area (Å²) in [5, 5.41) is 8.65. The van der Waals surface area contributed by atoms with E-state index in [9.17, 15) is 4.79 Å². The summed E-state index contributed by atoms with van der Waals surface area (Å²) >= 11 is 0. The standard InChI is InChI=1S/C20H16N4O/c25-20(23-12-14-5-2-1-3-6-14)24-18-11-15-8-10-21-13-17(15)19-16(18)7-4-9-22-19/h1-11,13H,12H2,(H2,23,24,25). The smallest absolute Gasteiger partial charge is 0.319 e. The summed E-state index contributed by atoms with van der Waals surface area (Å²) < 4.78 is 0. The Morgan fingerprint density at radius 1 is 0.960 bits per heavy atom. The maximum absolute atomic E-state index is 12.3. The molecule has 0 fully saturated rings. The van der Waals surface area contributed by atoms with Crippen LogP contribution in [0.4, 0.5) is 10.5 Å². The van der Waals surface area contributed by atoms with Gasteiger partial charge in [-0.1, -0.05) is 30.3 Å². The van der Waals surface area contributed by atoms with Crippen molar-refractivity contribution in [1.82, 2.24) is 15.3 Å². The monoisotopic (exact) mass is 328 g/mol. The Bertz CT molecular complexity index is 1050. The van der Waals surface area contributed by atoms with Crippen LogP contribution < -0.4 is 10.6 Å². The minimum Gasteiger partial charge on any atom is -0.334 e. The second-order valence-corrected chi connectivity index (χ2v) is 5.71. The van der Waals surface area contributed by atoms with Crippen LogP contribution in [0.15, 0.2) is 73.2 Å². The number of nitrogens with zero attached hydrogens (tertiary/aromatic N) is 2. The molecule has 2 aromatic heterocycles. The van der Waals surface area contributed by atoms with Crippen LogP contribution in [0.3, 0.4) is 0 Å². The van der Waals surface area contributed by atoms with Crippen LogP contribution in [0.25, 0.3) is 21.7 Å². The molecule has 0 aliphatic rings. The zero-order valence-corrected chi connectivity index (χ0v) is 13.4. The topological polar surface area (TPSA) is 66.9 Å². The van der Waals surface area contributed by atoms with E-state index in [1.165, 1.54) is 0 Å². The molecule has 0 aliphatic carbocycles. The Balaban J connectivity index is 1.63. The second-order valence-electron chi connectivity index (χ2n) is 5.71. The average molecular weight is 328 g/mol. The van der Waals surface area contributed by atoms with Gasteiger partial charge in [0, 0.05) is 35.9 Å². The number of fused-ring (bicyclic) bond motifs is 3. The summed E-state index contributed by atoms with van der Waals surface area (Å²) in [6, 6.07) is 17.2. The molecule has 2 amide bonds. The Labute approximate surface area is 144 Å². The van der Waals surface area contributed by atoms with Crippen LogP contribution in [0.2, 0.25) is 0 Å². The number of amides is 2. The molecule has 4 aromatic rings. The molecule has 0 aliphatic heterocycles. The Morgan fingerprint density at radius 2 is 1.84 bits per heavy atom. The van der Waals surface area contributed by atoms with Crippen LogP contribution in [-0.4, -0.2) is 16.0 Å². The number of benzene rings is 2. The van der Waals surface area contributed by atoms with E-state index in [0.29, 0.717) is 6.54 Å². The zero-order chi connectivity index (χ0) is 17.1. The number of hydrogen-bond acceptors (Lipinski definition) is 3. The predicted octanol–water partition coefficient (Wildman–Crippen LogP) is 4.10. The van der Waals surface area contributed by atoms with Crippen molar-refractivity contribution in [2.75, 3.05) is 5.32 Å². The van der Waals surface area contributed by atoms with Gasteiger partial charge >= 0.3 is 6.03 Å². The lowest BCUT2D eigenvalue weighted by Crippen LogP contribution is -2.28. The molecule has 2 heterocycles. The normalized spacial score (nSPS) is 10.7. The van der Waals surface area contributed by atoms with E-state index in [0.717, 1.165) is 32.9 Å². The van der Waals surface area contributed by atoms with Crippen molar-refractivity contribution in [3.63, 3.8) is 0 Å². The molecule has 0 unspecified atom stereocenters.